The molecule has 0 aliphatic carbocycles. The van der Waals surface area contributed by atoms with Gasteiger partial charge in [-0.15, -0.1) is 0 Å². The average molecular weight is 678 g/mol. The van der Waals surface area contributed by atoms with Crippen molar-refractivity contribution in [3.8, 4) is 11.3 Å². The highest BCUT2D eigenvalue weighted by Crippen LogP contribution is 2.44. The zero-order valence-corrected chi connectivity index (χ0v) is 30.5. The van der Waals surface area contributed by atoms with Crippen molar-refractivity contribution in [2.24, 2.45) is 0 Å². The summed E-state index contributed by atoms with van der Waals surface area (Å²) in [7, 11) is 2.16. The van der Waals surface area contributed by atoms with Gasteiger partial charge in [0.1, 0.15) is 5.65 Å². The van der Waals surface area contributed by atoms with E-state index >= 15 is 0 Å². The average Bonchev–Trinajstić information content (AvgIpc) is 3.77. The molecule has 2 aromatic heterocycles. The lowest BCUT2D eigenvalue weighted by Gasteiger charge is -2.28. The van der Waals surface area contributed by atoms with Gasteiger partial charge < -0.3 is 14.7 Å². The number of fused-ring (bicyclic) bond motifs is 7. The van der Waals surface area contributed by atoms with Crippen LogP contribution in [0.4, 0.5) is 34.1 Å². The number of pyridine rings is 1. The minimum Gasteiger partial charge on any atom is -0.355 e. The molecule has 1 aliphatic rings. The summed E-state index contributed by atoms with van der Waals surface area (Å²) < 4.78 is 2.41. The Morgan fingerprint density at radius 1 is 0.577 bits per heavy atom. The fraction of sp³-hybridized carbons (Fsp3) is 0.170. The SMILES string of the molecule is CC(C)c1cccc(C(C)C)c1-c1cnc2c3cc(N(c4ccccc4)c4cccc(N5CN(C)c6ccccc65)c4)ccc3c3ccccc3n12. The molecular formula is C47H43N5. The molecule has 3 heterocycles. The number of rotatable bonds is 7. The van der Waals surface area contributed by atoms with Crippen LogP contribution in [-0.4, -0.2) is 23.1 Å². The van der Waals surface area contributed by atoms with E-state index in [2.05, 4.69) is 200 Å². The number of anilines is 6. The van der Waals surface area contributed by atoms with E-state index in [-0.39, 0.29) is 0 Å². The highest BCUT2D eigenvalue weighted by atomic mass is 15.4. The fourth-order valence-corrected chi connectivity index (χ4v) is 8.22. The summed E-state index contributed by atoms with van der Waals surface area (Å²) in [5.41, 5.74) is 14.2. The molecule has 8 aromatic rings. The first-order valence-corrected chi connectivity index (χ1v) is 18.4. The molecule has 52 heavy (non-hydrogen) atoms. The predicted octanol–water partition coefficient (Wildman–Crippen LogP) is 12.6. The molecule has 0 atom stereocenters. The molecule has 0 unspecified atom stereocenters. The van der Waals surface area contributed by atoms with E-state index in [1.54, 1.807) is 0 Å². The molecular weight excluding hydrogens is 635 g/mol. The third-order valence-electron chi connectivity index (χ3n) is 10.7. The molecule has 0 radical (unpaired) electrons. The second-order valence-corrected chi connectivity index (χ2v) is 14.6. The summed E-state index contributed by atoms with van der Waals surface area (Å²) in [6.45, 7) is 9.97. The second-order valence-electron chi connectivity index (χ2n) is 14.6. The van der Waals surface area contributed by atoms with Crippen molar-refractivity contribution in [1.29, 1.82) is 0 Å². The number of hydrogen-bond acceptors (Lipinski definition) is 4. The maximum Gasteiger partial charge on any atom is 0.145 e. The lowest BCUT2D eigenvalue weighted by Crippen LogP contribution is -2.24. The second kappa shape index (κ2) is 12.6. The zero-order chi connectivity index (χ0) is 35.5. The molecule has 5 heteroatoms. The number of imidazole rings is 1. The van der Waals surface area contributed by atoms with Crippen molar-refractivity contribution in [3.05, 3.63) is 157 Å². The van der Waals surface area contributed by atoms with Crippen molar-refractivity contribution in [1.82, 2.24) is 9.38 Å². The number of hydrogen-bond donors (Lipinski definition) is 0. The molecule has 5 nitrogen and oxygen atoms in total. The van der Waals surface area contributed by atoms with E-state index in [4.69, 9.17) is 4.98 Å². The Labute approximate surface area is 306 Å². The first-order chi connectivity index (χ1) is 25.4. The van der Waals surface area contributed by atoms with Gasteiger partial charge in [-0.1, -0.05) is 107 Å². The Morgan fingerprint density at radius 3 is 2.00 bits per heavy atom. The standard InChI is InChI=1S/C47H43N5/c1-31(2)37-20-14-21-38(32(3)4)46(37)45-29-48-47-41-28-36(25-26-39(41)40-19-9-10-22-42(40)52(45)47)51(33-15-7-6-8-16-33)35-18-13-17-34(27-35)50-30-49(5)43-23-11-12-24-44(43)50/h6-29,31-32H,30H2,1-5H3. The lowest BCUT2D eigenvalue weighted by atomic mass is 9.87. The number of nitrogens with zero attached hydrogens (tertiary/aromatic N) is 5. The van der Waals surface area contributed by atoms with Gasteiger partial charge in [-0.3, -0.25) is 4.40 Å². The summed E-state index contributed by atoms with van der Waals surface area (Å²) in [6, 6.07) is 50.7. The van der Waals surface area contributed by atoms with E-state index in [0.717, 1.165) is 46.1 Å². The van der Waals surface area contributed by atoms with Gasteiger partial charge in [0.15, 0.2) is 0 Å². The van der Waals surface area contributed by atoms with E-state index in [9.17, 15) is 0 Å². The quantitative estimate of drug-likeness (QED) is 0.157. The molecule has 0 amide bonds. The van der Waals surface area contributed by atoms with Gasteiger partial charge in [0.25, 0.3) is 0 Å². The summed E-state index contributed by atoms with van der Waals surface area (Å²) in [5, 5.41) is 3.54. The Morgan fingerprint density at radius 2 is 1.23 bits per heavy atom. The first kappa shape index (κ1) is 31.9. The molecule has 256 valence electrons. The zero-order valence-electron chi connectivity index (χ0n) is 30.5. The minimum absolute atomic E-state index is 0.377. The Hall–Kier alpha value is -6.07. The van der Waals surface area contributed by atoms with Crippen LogP contribution in [0.5, 0.6) is 0 Å². The van der Waals surface area contributed by atoms with Gasteiger partial charge in [-0.25, -0.2) is 4.98 Å². The molecule has 0 spiro atoms. The monoisotopic (exact) mass is 677 g/mol. The third-order valence-corrected chi connectivity index (χ3v) is 10.7. The summed E-state index contributed by atoms with van der Waals surface area (Å²) in [6.07, 6.45) is 2.10. The van der Waals surface area contributed by atoms with E-state index < -0.39 is 0 Å². The number of benzene rings is 6. The van der Waals surface area contributed by atoms with Crippen LogP contribution < -0.4 is 14.7 Å². The van der Waals surface area contributed by atoms with Crippen LogP contribution in [0.2, 0.25) is 0 Å². The summed E-state index contributed by atoms with van der Waals surface area (Å²) in [4.78, 5) is 12.3. The van der Waals surface area contributed by atoms with Crippen molar-refractivity contribution < 1.29 is 0 Å². The molecule has 0 bridgehead atoms. The van der Waals surface area contributed by atoms with Crippen LogP contribution >= 0.6 is 0 Å². The first-order valence-electron chi connectivity index (χ1n) is 18.4. The highest BCUT2D eigenvalue weighted by Gasteiger charge is 2.26. The molecule has 1 aliphatic heterocycles. The predicted molar refractivity (Wildman–Crippen MR) is 220 cm³/mol. The Balaban J connectivity index is 1.27. The van der Waals surface area contributed by atoms with E-state index in [1.165, 1.54) is 44.4 Å². The summed E-state index contributed by atoms with van der Waals surface area (Å²) >= 11 is 0. The smallest absolute Gasteiger partial charge is 0.145 e. The van der Waals surface area contributed by atoms with Crippen LogP contribution in [0.3, 0.4) is 0 Å². The number of aromatic nitrogens is 2. The van der Waals surface area contributed by atoms with Gasteiger partial charge in [-0.2, -0.15) is 0 Å². The van der Waals surface area contributed by atoms with Gasteiger partial charge in [0, 0.05) is 46.1 Å². The van der Waals surface area contributed by atoms with Gasteiger partial charge in [0.2, 0.25) is 0 Å². The lowest BCUT2D eigenvalue weighted by molar-refractivity contribution is 0.836. The van der Waals surface area contributed by atoms with E-state index in [1.807, 2.05) is 0 Å². The van der Waals surface area contributed by atoms with Gasteiger partial charge in [-0.05, 0) is 89.0 Å². The molecule has 0 saturated heterocycles. The van der Waals surface area contributed by atoms with Crippen LogP contribution in [0, 0.1) is 0 Å². The van der Waals surface area contributed by atoms with Crippen molar-refractivity contribution in [2.45, 2.75) is 39.5 Å². The third kappa shape index (κ3) is 5.11. The maximum absolute atomic E-state index is 5.25. The minimum atomic E-state index is 0.377. The van der Waals surface area contributed by atoms with Crippen LogP contribution in [0.1, 0.15) is 50.7 Å². The van der Waals surface area contributed by atoms with Crippen LogP contribution in [0.15, 0.2) is 146 Å². The summed E-state index contributed by atoms with van der Waals surface area (Å²) in [5.74, 6) is 0.754. The van der Waals surface area contributed by atoms with Gasteiger partial charge in [0.05, 0.1) is 35.5 Å². The highest BCUT2D eigenvalue weighted by molar-refractivity contribution is 6.13. The van der Waals surface area contributed by atoms with Crippen molar-refractivity contribution in [2.75, 3.05) is 28.4 Å². The van der Waals surface area contributed by atoms with Crippen molar-refractivity contribution >= 4 is 61.4 Å². The Bertz CT molecular complexity index is 2570. The molecule has 0 fully saturated rings. The fourth-order valence-electron chi connectivity index (χ4n) is 8.22. The molecule has 0 saturated carbocycles. The number of para-hydroxylation sites is 4. The molecule has 9 rings (SSSR count). The molecule has 6 aromatic carbocycles. The molecule has 0 N–H and O–H groups in total. The van der Waals surface area contributed by atoms with E-state index in [0.29, 0.717) is 11.8 Å². The largest absolute Gasteiger partial charge is 0.355 e. The van der Waals surface area contributed by atoms with Crippen LogP contribution in [0.25, 0.3) is 38.6 Å². The Kier molecular flexibility index (Phi) is 7.73. The van der Waals surface area contributed by atoms with Gasteiger partial charge >= 0.3 is 0 Å². The normalized spacial score (nSPS) is 12.9. The van der Waals surface area contributed by atoms with Crippen molar-refractivity contribution in [3.63, 3.8) is 0 Å². The van der Waals surface area contributed by atoms with Crippen LogP contribution in [-0.2, 0) is 0 Å². The topological polar surface area (TPSA) is 27.0 Å². The maximum atomic E-state index is 5.25.